The highest BCUT2D eigenvalue weighted by Crippen LogP contribution is 2.31. The molecule has 2 fully saturated rings. The zero-order valence-electron chi connectivity index (χ0n) is 9.49. The van der Waals surface area contributed by atoms with Crippen LogP contribution in [0.15, 0.2) is 0 Å². The summed E-state index contributed by atoms with van der Waals surface area (Å²) in [5, 5.41) is 3.41. The number of hydrogen-bond donors (Lipinski definition) is 1. The zero-order valence-corrected chi connectivity index (χ0v) is 10.3. The number of hydrogen-bond acceptors (Lipinski definition) is 3. The summed E-state index contributed by atoms with van der Waals surface area (Å²) in [5.41, 5.74) is -0.101. The van der Waals surface area contributed by atoms with Gasteiger partial charge in [-0.3, -0.25) is 0 Å². The molecule has 0 aromatic rings. The van der Waals surface area contributed by atoms with Crippen LogP contribution >= 0.6 is 0 Å². The topological polar surface area (TPSA) is 49.4 Å². The second kappa shape index (κ2) is 3.71. The van der Waals surface area contributed by atoms with Crippen LogP contribution in [0.25, 0.3) is 0 Å². The lowest BCUT2D eigenvalue weighted by Gasteiger charge is -2.35. The van der Waals surface area contributed by atoms with E-state index in [-0.39, 0.29) is 11.6 Å². The molecule has 2 rings (SSSR count). The van der Waals surface area contributed by atoms with Crippen molar-refractivity contribution in [1.29, 1.82) is 0 Å². The highest BCUT2D eigenvalue weighted by molar-refractivity contribution is 7.89. The van der Waals surface area contributed by atoms with Crippen LogP contribution in [0.4, 0.5) is 0 Å². The van der Waals surface area contributed by atoms with Gasteiger partial charge in [-0.25, -0.2) is 8.42 Å². The Morgan fingerprint density at radius 3 is 2.60 bits per heavy atom. The van der Waals surface area contributed by atoms with Crippen LogP contribution in [0, 0.1) is 0 Å². The minimum atomic E-state index is -3.00. The Labute approximate surface area is 92.1 Å². The van der Waals surface area contributed by atoms with Gasteiger partial charge in [0.2, 0.25) is 10.0 Å². The van der Waals surface area contributed by atoms with E-state index in [4.69, 9.17) is 0 Å². The van der Waals surface area contributed by atoms with E-state index in [1.807, 2.05) is 0 Å². The Morgan fingerprint density at radius 1 is 1.33 bits per heavy atom. The molecule has 4 nitrogen and oxygen atoms in total. The zero-order chi connectivity index (χ0) is 11.1. The fourth-order valence-corrected chi connectivity index (χ4v) is 3.99. The quantitative estimate of drug-likeness (QED) is 0.718. The molecule has 1 N–H and O–H groups in total. The molecule has 1 aliphatic heterocycles. The van der Waals surface area contributed by atoms with Gasteiger partial charge in [0, 0.05) is 18.1 Å². The third-order valence-corrected chi connectivity index (χ3v) is 4.99. The van der Waals surface area contributed by atoms with Gasteiger partial charge in [-0.2, -0.15) is 4.31 Å². The van der Waals surface area contributed by atoms with Gasteiger partial charge in [0.1, 0.15) is 0 Å². The van der Waals surface area contributed by atoms with Crippen LogP contribution in [0.1, 0.15) is 33.1 Å². The van der Waals surface area contributed by atoms with E-state index in [0.29, 0.717) is 12.3 Å². The number of nitrogens with one attached hydrogen (secondary N) is 1. The fourth-order valence-electron chi connectivity index (χ4n) is 2.06. The van der Waals surface area contributed by atoms with Gasteiger partial charge in [0.05, 0.1) is 5.75 Å². The lowest BCUT2D eigenvalue weighted by molar-refractivity contribution is 0.272. The van der Waals surface area contributed by atoms with Gasteiger partial charge in [-0.15, -0.1) is 0 Å². The maximum Gasteiger partial charge on any atom is 0.214 e. The predicted octanol–water partition coefficient (Wildman–Crippen LogP) is 0.552. The molecule has 0 radical (unpaired) electrons. The monoisotopic (exact) mass is 232 g/mol. The Bertz CT molecular complexity index is 333. The van der Waals surface area contributed by atoms with E-state index in [1.165, 1.54) is 0 Å². The SMILES string of the molecule is CC1(C)CN(C2CC2)S(=O)(=O)CCCN1. The summed E-state index contributed by atoms with van der Waals surface area (Å²) in [5.74, 6) is 0.298. The van der Waals surface area contributed by atoms with E-state index < -0.39 is 10.0 Å². The number of nitrogens with zero attached hydrogens (tertiary/aromatic N) is 1. The number of sulfonamides is 1. The van der Waals surface area contributed by atoms with Crippen molar-refractivity contribution < 1.29 is 8.42 Å². The maximum atomic E-state index is 12.0. The van der Waals surface area contributed by atoms with Crippen LogP contribution in [-0.4, -0.2) is 43.1 Å². The summed E-state index contributed by atoms with van der Waals surface area (Å²) in [6, 6.07) is 0.286. The van der Waals surface area contributed by atoms with Crippen molar-refractivity contribution in [3.8, 4) is 0 Å². The molecule has 1 heterocycles. The van der Waals surface area contributed by atoms with Crippen molar-refractivity contribution in [2.24, 2.45) is 0 Å². The molecule has 88 valence electrons. The summed E-state index contributed by atoms with van der Waals surface area (Å²) in [7, 11) is -3.00. The lowest BCUT2D eigenvalue weighted by atomic mass is 10.1. The molecular formula is C10H20N2O2S. The molecule has 0 atom stereocenters. The van der Waals surface area contributed by atoms with Crippen LogP contribution in [0.3, 0.4) is 0 Å². The summed E-state index contributed by atoms with van der Waals surface area (Å²) in [6.45, 7) is 5.55. The third kappa shape index (κ3) is 2.71. The van der Waals surface area contributed by atoms with Crippen molar-refractivity contribution >= 4 is 10.0 Å². The Balaban J connectivity index is 2.19. The van der Waals surface area contributed by atoms with Gasteiger partial charge >= 0.3 is 0 Å². The first-order valence-electron chi connectivity index (χ1n) is 5.65. The third-order valence-electron chi connectivity index (χ3n) is 3.05. The van der Waals surface area contributed by atoms with E-state index >= 15 is 0 Å². The van der Waals surface area contributed by atoms with Gasteiger partial charge < -0.3 is 5.32 Å². The maximum absolute atomic E-state index is 12.0. The summed E-state index contributed by atoms with van der Waals surface area (Å²) < 4.78 is 25.8. The largest absolute Gasteiger partial charge is 0.310 e. The minimum Gasteiger partial charge on any atom is -0.310 e. The van der Waals surface area contributed by atoms with Crippen LogP contribution < -0.4 is 5.32 Å². The van der Waals surface area contributed by atoms with Crippen LogP contribution in [-0.2, 0) is 10.0 Å². The highest BCUT2D eigenvalue weighted by Gasteiger charge is 2.40. The highest BCUT2D eigenvalue weighted by atomic mass is 32.2. The minimum absolute atomic E-state index is 0.101. The van der Waals surface area contributed by atoms with Crippen molar-refractivity contribution in [2.45, 2.75) is 44.7 Å². The first-order chi connectivity index (χ1) is 6.91. The average molecular weight is 232 g/mol. The first-order valence-corrected chi connectivity index (χ1v) is 7.26. The van der Waals surface area contributed by atoms with Gasteiger partial charge in [0.25, 0.3) is 0 Å². The Hall–Kier alpha value is -0.130. The molecule has 0 unspecified atom stereocenters. The van der Waals surface area contributed by atoms with Crippen LogP contribution in [0.5, 0.6) is 0 Å². The normalized spacial score (nSPS) is 31.9. The molecule has 0 bridgehead atoms. The molecular weight excluding hydrogens is 212 g/mol. The molecule has 0 aromatic heterocycles. The summed E-state index contributed by atoms with van der Waals surface area (Å²) >= 11 is 0. The van der Waals surface area contributed by atoms with Crippen molar-refractivity contribution in [1.82, 2.24) is 9.62 Å². The first kappa shape index (κ1) is 11.4. The Morgan fingerprint density at radius 2 is 2.00 bits per heavy atom. The molecule has 1 saturated heterocycles. The van der Waals surface area contributed by atoms with E-state index in [1.54, 1.807) is 4.31 Å². The van der Waals surface area contributed by atoms with Crippen molar-refractivity contribution in [3.05, 3.63) is 0 Å². The lowest BCUT2D eigenvalue weighted by Crippen LogP contribution is -2.54. The van der Waals surface area contributed by atoms with E-state index in [2.05, 4.69) is 19.2 Å². The van der Waals surface area contributed by atoms with Crippen molar-refractivity contribution in [3.63, 3.8) is 0 Å². The van der Waals surface area contributed by atoms with Crippen LogP contribution in [0.2, 0.25) is 0 Å². The fraction of sp³-hybridized carbons (Fsp3) is 1.00. The van der Waals surface area contributed by atoms with Gasteiger partial charge in [0.15, 0.2) is 0 Å². The van der Waals surface area contributed by atoms with Gasteiger partial charge in [-0.05, 0) is 39.7 Å². The molecule has 0 amide bonds. The molecule has 1 aliphatic carbocycles. The standard InChI is InChI=1S/C10H20N2O2S/c1-10(2)8-12(9-4-5-9)15(13,14)7-3-6-11-10/h9,11H,3-8H2,1-2H3. The van der Waals surface area contributed by atoms with E-state index in [9.17, 15) is 8.42 Å². The molecule has 0 aromatic carbocycles. The second-order valence-corrected chi connectivity index (χ2v) is 7.30. The van der Waals surface area contributed by atoms with E-state index in [0.717, 1.165) is 25.8 Å². The molecule has 1 saturated carbocycles. The summed E-state index contributed by atoms with van der Waals surface area (Å²) in [4.78, 5) is 0. The molecule has 2 aliphatic rings. The number of rotatable bonds is 1. The molecule has 0 spiro atoms. The smallest absolute Gasteiger partial charge is 0.214 e. The molecule has 15 heavy (non-hydrogen) atoms. The second-order valence-electron chi connectivity index (χ2n) is 5.26. The average Bonchev–Trinajstić information content (AvgIpc) is 2.90. The predicted molar refractivity (Wildman–Crippen MR) is 60.2 cm³/mol. The molecule has 5 heteroatoms. The van der Waals surface area contributed by atoms with Gasteiger partial charge in [-0.1, -0.05) is 0 Å². The summed E-state index contributed by atoms with van der Waals surface area (Å²) in [6.07, 6.45) is 2.79. The Kier molecular flexibility index (Phi) is 2.81. The van der Waals surface area contributed by atoms with Crippen molar-refractivity contribution in [2.75, 3.05) is 18.8 Å².